The Labute approximate surface area is 208 Å². The number of rotatable bonds is 6. The van der Waals surface area contributed by atoms with Crippen LogP contribution in [-0.2, 0) is 14.8 Å². The Morgan fingerprint density at radius 1 is 1.03 bits per heavy atom. The standard InChI is InChI=1S/C26H24N4O5S/c1-34-24-7-6-19(16-25(24)36(32,33)30-12-14-35-15-13-30)28-26(31)21-17-23(18-8-10-27-11-9-18)29-22-5-3-2-4-20(21)22/h2-11,16-17H,12-15H2,1H3,(H,28,31). The minimum atomic E-state index is -3.84. The summed E-state index contributed by atoms with van der Waals surface area (Å²) in [6.45, 7) is 1.16. The number of amides is 1. The van der Waals surface area contributed by atoms with Crippen molar-refractivity contribution in [1.82, 2.24) is 14.3 Å². The highest BCUT2D eigenvalue weighted by molar-refractivity contribution is 7.89. The van der Waals surface area contributed by atoms with E-state index in [1.807, 2.05) is 36.4 Å². The summed E-state index contributed by atoms with van der Waals surface area (Å²) < 4.78 is 38.6. The maximum absolute atomic E-state index is 13.5. The summed E-state index contributed by atoms with van der Waals surface area (Å²) in [6.07, 6.45) is 3.33. The highest BCUT2D eigenvalue weighted by Gasteiger charge is 2.29. The van der Waals surface area contributed by atoms with Crippen molar-refractivity contribution < 1.29 is 22.7 Å². The quantitative estimate of drug-likeness (QED) is 0.427. The number of nitrogens with zero attached hydrogens (tertiary/aromatic N) is 3. The normalized spacial score (nSPS) is 14.5. The number of pyridine rings is 2. The topological polar surface area (TPSA) is 111 Å². The van der Waals surface area contributed by atoms with Crippen LogP contribution in [-0.4, -0.2) is 62.0 Å². The highest BCUT2D eigenvalue weighted by atomic mass is 32.2. The van der Waals surface area contributed by atoms with Crippen molar-refractivity contribution in [2.24, 2.45) is 0 Å². The van der Waals surface area contributed by atoms with Crippen molar-refractivity contribution in [3.63, 3.8) is 0 Å². The van der Waals surface area contributed by atoms with Gasteiger partial charge in [0, 0.05) is 42.1 Å². The average Bonchev–Trinajstić information content (AvgIpc) is 2.93. The number of ether oxygens (including phenoxy) is 2. The third-order valence-electron chi connectivity index (χ3n) is 5.95. The molecule has 3 heterocycles. The summed E-state index contributed by atoms with van der Waals surface area (Å²) >= 11 is 0. The molecule has 1 N–H and O–H groups in total. The van der Waals surface area contributed by atoms with Crippen LogP contribution < -0.4 is 10.1 Å². The number of aromatic nitrogens is 2. The van der Waals surface area contributed by atoms with Crippen molar-refractivity contribution in [2.75, 3.05) is 38.7 Å². The van der Waals surface area contributed by atoms with Crippen LogP contribution in [0.3, 0.4) is 0 Å². The molecule has 0 bridgehead atoms. The molecular weight excluding hydrogens is 480 g/mol. The largest absolute Gasteiger partial charge is 0.495 e. The molecule has 2 aromatic carbocycles. The summed E-state index contributed by atoms with van der Waals surface area (Å²) in [7, 11) is -2.43. The van der Waals surface area contributed by atoms with E-state index in [0.29, 0.717) is 41.1 Å². The van der Waals surface area contributed by atoms with Gasteiger partial charge in [0.25, 0.3) is 5.91 Å². The van der Waals surface area contributed by atoms with E-state index in [1.165, 1.54) is 23.5 Å². The molecule has 9 nitrogen and oxygen atoms in total. The number of hydrogen-bond acceptors (Lipinski definition) is 7. The molecule has 10 heteroatoms. The Morgan fingerprint density at radius 2 is 1.78 bits per heavy atom. The molecule has 4 aromatic rings. The molecule has 0 unspecified atom stereocenters. The van der Waals surface area contributed by atoms with Gasteiger partial charge >= 0.3 is 0 Å². The monoisotopic (exact) mass is 504 g/mol. The number of hydrogen-bond donors (Lipinski definition) is 1. The van der Waals surface area contributed by atoms with E-state index in [1.54, 1.807) is 24.5 Å². The van der Waals surface area contributed by atoms with Gasteiger partial charge in [-0.3, -0.25) is 9.78 Å². The van der Waals surface area contributed by atoms with E-state index in [9.17, 15) is 13.2 Å². The first kappa shape index (κ1) is 23.9. The second kappa shape index (κ2) is 10.0. The van der Waals surface area contributed by atoms with Gasteiger partial charge in [-0.15, -0.1) is 0 Å². The lowest BCUT2D eigenvalue weighted by molar-refractivity contribution is 0.0729. The summed E-state index contributed by atoms with van der Waals surface area (Å²) in [5.74, 6) is -0.183. The molecule has 1 aliphatic heterocycles. The number of para-hydroxylation sites is 1. The van der Waals surface area contributed by atoms with Crippen molar-refractivity contribution in [3.8, 4) is 17.0 Å². The molecule has 0 saturated carbocycles. The Kier molecular flexibility index (Phi) is 6.64. The SMILES string of the molecule is COc1ccc(NC(=O)c2cc(-c3ccncc3)nc3ccccc23)cc1S(=O)(=O)N1CCOCC1. The second-order valence-corrected chi connectivity index (χ2v) is 10.1. The van der Waals surface area contributed by atoms with Crippen LogP contribution in [0.4, 0.5) is 5.69 Å². The lowest BCUT2D eigenvalue weighted by Gasteiger charge is -2.26. The fraction of sp³-hybridized carbons (Fsp3) is 0.192. The molecule has 1 amide bonds. The molecule has 1 aliphatic rings. The number of methoxy groups -OCH3 is 1. The third-order valence-corrected chi connectivity index (χ3v) is 7.87. The van der Waals surface area contributed by atoms with E-state index in [2.05, 4.69) is 10.3 Å². The first-order chi connectivity index (χ1) is 17.5. The van der Waals surface area contributed by atoms with Gasteiger partial charge in [0.1, 0.15) is 10.6 Å². The summed E-state index contributed by atoms with van der Waals surface area (Å²) in [4.78, 5) is 22.2. The second-order valence-electron chi connectivity index (χ2n) is 8.14. The van der Waals surface area contributed by atoms with Crippen LogP contribution in [0.15, 0.2) is 78.0 Å². The summed E-state index contributed by atoms with van der Waals surface area (Å²) in [5, 5.41) is 3.54. The zero-order valence-corrected chi connectivity index (χ0v) is 20.4. The zero-order valence-electron chi connectivity index (χ0n) is 19.5. The Morgan fingerprint density at radius 3 is 2.53 bits per heavy atom. The van der Waals surface area contributed by atoms with Crippen LogP contribution >= 0.6 is 0 Å². The first-order valence-corrected chi connectivity index (χ1v) is 12.8. The first-order valence-electron chi connectivity index (χ1n) is 11.3. The number of anilines is 1. The van der Waals surface area contributed by atoms with E-state index in [0.717, 1.165) is 5.56 Å². The summed E-state index contributed by atoms with van der Waals surface area (Å²) in [5.41, 5.74) is 2.88. The molecule has 2 aromatic heterocycles. The maximum atomic E-state index is 13.5. The average molecular weight is 505 g/mol. The predicted octanol–water partition coefficient (Wildman–Crippen LogP) is 3.58. The Bertz CT molecular complexity index is 1520. The molecule has 1 fully saturated rings. The molecule has 5 rings (SSSR count). The van der Waals surface area contributed by atoms with E-state index >= 15 is 0 Å². The van der Waals surface area contributed by atoms with Crippen molar-refractivity contribution in [3.05, 3.63) is 78.6 Å². The van der Waals surface area contributed by atoms with E-state index in [4.69, 9.17) is 14.5 Å². The smallest absolute Gasteiger partial charge is 0.256 e. The summed E-state index contributed by atoms with van der Waals surface area (Å²) in [6, 6.07) is 17.3. The number of benzene rings is 2. The van der Waals surface area contributed by atoms with Crippen LogP contribution in [0.25, 0.3) is 22.2 Å². The van der Waals surface area contributed by atoms with Gasteiger partial charge in [-0.2, -0.15) is 4.31 Å². The van der Waals surface area contributed by atoms with Gasteiger partial charge in [-0.1, -0.05) is 18.2 Å². The number of sulfonamides is 1. The molecule has 0 atom stereocenters. The van der Waals surface area contributed by atoms with Gasteiger partial charge < -0.3 is 14.8 Å². The number of morpholine rings is 1. The molecular formula is C26H24N4O5S. The van der Waals surface area contributed by atoms with E-state index < -0.39 is 10.0 Å². The highest BCUT2D eigenvalue weighted by Crippen LogP contribution is 2.31. The third kappa shape index (κ3) is 4.66. The minimum absolute atomic E-state index is 0.0123. The Balaban J connectivity index is 1.52. The maximum Gasteiger partial charge on any atom is 0.256 e. The van der Waals surface area contributed by atoms with Crippen molar-refractivity contribution >= 4 is 32.5 Å². The lowest BCUT2D eigenvalue weighted by atomic mass is 10.0. The molecule has 1 saturated heterocycles. The van der Waals surface area contributed by atoms with Gasteiger partial charge in [0.05, 0.1) is 37.1 Å². The van der Waals surface area contributed by atoms with Gasteiger partial charge in [-0.05, 0) is 42.5 Å². The van der Waals surface area contributed by atoms with Crippen LogP contribution in [0.5, 0.6) is 5.75 Å². The zero-order chi connectivity index (χ0) is 25.1. The lowest BCUT2D eigenvalue weighted by Crippen LogP contribution is -2.40. The molecule has 0 spiro atoms. The number of nitrogens with one attached hydrogen (secondary N) is 1. The Hall–Kier alpha value is -3.86. The number of carbonyl (C=O) groups excluding carboxylic acids is 1. The van der Waals surface area contributed by atoms with Crippen molar-refractivity contribution in [1.29, 1.82) is 0 Å². The predicted molar refractivity (Wildman–Crippen MR) is 135 cm³/mol. The molecule has 36 heavy (non-hydrogen) atoms. The van der Waals surface area contributed by atoms with Crippen LogP contribution in [0.1, 0.15) is 10.4 Å². The van der Waals surface area contributed by atoms with Crippen molar-refractivity contribution in [2.45, 2.75) is 4.90 Å². The van der Waals surface area contributed by atoms with Crippen LogP contribution in [0.2, 0.25) is 0 Å². The molecule has 184 valence electrons. The van der Waals surface area contributed by atoms with Gasteiger partial charge in [-0.25, -0.2) is 13.4 Å². The number of carbonyl (C=O) groups is 1. The molecule has 0 aliphatic carbocycles. The van der Waals surface area contributed by atoms with Gasteiger partial charge in [0.2, 0.25) is 10.0 Å². The van der Waals surface area contributed by atoms with Gasteiger partial charge in [0.15, 0.2) is 0 Å². The van der Waals surface area contributed by atoms with E-state index in [-0.39, 0.29) is 29.6 Å². The minimum Gasteiger partial charge on any atom is -0.495 e. The van der Waals surface area contributed by atoms with Crippen LogP contribution in [0, 0.1) is 0 Å². The number of fused-ring (bicyclic) bond motifs is 1. The fourth-order valence-corrected chi connectivity index (χ4v) is 5.70. The molecule has 0 radical (unpaired) electrons. The fourth-order valence-electron chi connectivity index (χ4n) is 4.11.